The average molecular weight is 239 g/mol. The summed E-state index contributed by atoms with van der Waals surface area (Å²) in [5.74, 6) is 0. The van der Waals surface area contributed by atoms with Gasteiger partial charge in [-0.05, 0) is 30.1 Å². The zero-order chi connectivity index (χ0) is 12.2. The Balaban J connectivity index is 1.67. The van der Waals surface area contributed by atoms with Crippen LogP contribution in [0, 0.1) is 0 Å². The standard InChI is InChI=1S/C17H21N/c1-3-7-15(8-4-1)16-11-13-18(14-12-16)17-9-5-2-6-10-17/h1,3-4,7-8,11-13,17H,2,5-6,9-10,14H2. The van der Waals surface area contributed by atoms with Crippen molar-refractivity contribution in [1.82, 2.24) is 4.90 Å². The van der Waals surface area contributed by atoms with Gasteiger partial charge in [-0.3, -0.25) is 0 Å². The van der Waals surface area contributed by atoms with Crippen molar-refractivity contribution in [2.24, 2.45) is 0 Å². The van der Waals surface area contributed by atoms with Gasteiger partial charge in [0.1, 0.15) is 0 Å². The van der Waals surface area contributed by atoms with Crippen LogP contribution in [-0.2, 0) is 0 Å². The molecule has 0 unspecified atom stereocenters. The minimum atomic E-state index is 0.781. The lowest BCUT2D eigenvalue weighted by Gasteiger charge is -2.34. The van der Waals surface area contributed by atoms with Gasteiger partial charge in [0.2, 0.25) is 0 Å². The molecule has 2 aliphatic rings. The third kappa shape index (κ3) is 2.50. The Kier molecular flexibility index (Phi) is 3.49. The van der Waals surface area contributed by atoms with Crippen LogP contribution in [0.25, 0.3) is 5.57 Å². The van der Waals surface area contributed by atoms with Gasteiger partial charge in [-0.25, -0.2) is 0 Å². The van der Waals surface area contributed by atoms with Crippen LogP contribution in [0.1, 0.15) is 37.7 Å². The molecule has 1 heteroatoms. The highest BCUT2D eigenvalue weighted by Crippen LogP contribution is 2.26. The minimum absolute atomic E-state index is 0.781. The van der Waals surface area contributed by atoms with Gasteiger partial charge in [0.25, 0.3) is 0 Å². The summed E-state index contributed by atoms with van der Waals surface area (Å²) in [5.41, 5.74) is 2.69. The van der Waals surface area contributed by atoms with Crippen molar-refractivity contribution >= 4 is 5.57 Å². The van der Waals surface area contributed by atoms with Crippen LogP contribution in [0.3, 0.4) is 0 Å². The number of hydrogen-bond acceptors (Lipinski definition) is 1. The van der Waals surface area contributed by atoms with Crippen LogP contribution in [0.15, 0.2) is 48.7 Å². The largest absolute Gasteiger partial charge is 0.371 e. The van der Waals surface area contributed by atoms with E-state index in [0.29, 0.717) is 0 Å². The van der Waals surface area contributed by atoms with Gasteiger partial charge in [0.05, 0.1) is 0 Å². The van der Waals surface area contributed by atoms with Crippen molar-refractivity contribution in [2.45, 2.75) is 38.1 Å². The molecular formula is C17H21N. The zero-order valence-electron chi connectivity index (χ0n) is 10.9. The normalized spacial score (nSPS) is 20.9. The topological polar surface area (TPSA) is 3.24 Å². The predicted molar refractivity (Wildman–Crippen MR) is 77.1 cm³/mol. The number of rotatable bonds is 2. The molecule has 1 saturated carbocycles. The van der Waals surface area contributed by atoms with Crippen molar-refractivity contribution in [3.05, 3.63) is 54.2 Å². The highest BCUT2D eigenvalue weighted by atomic mass is 15.1. The van der Waals surface area contributed by atoms with Gasteiger partial charge in [-0.2, -0.15) is 0 Å². The van der Waals surface area contributed by atoms with Gasteiger partial charge >= 0.3 is 0 Å². The summed E-state index contributed by atoms with van der Waals surface area (Å²) >= 11 is 0. The van der Waals surface area contributed by atoms with Gasteiger partial charge in [-0.1, -0.05) is 55.7 Å². The van der Waals surface area contributed by atoms with Crippen LogP contribution in [-0.4, -0.2) is 17.5 Å². The molecular weight excluding hydrogens is 218 g/mol. The van der Waals surface area contributed by atoms with Crippen molar-refractivity contribution in [2.75, 3.05) is 6.54 Å². The van der Waals surface area contributed by atoms with Gasteiger partial charge in [-0.15, -0.1) is 0 Å². The summed E-state index contributed by atoms with van der Waals surface area (Å²) in [6.07, 6.45) is 13.9. The van der Waals surface area contributed by atoms with E-state index in [1.165, 1.54) is 43.2 Å². The molecule has 1 aliphatic carbocycles. The zero-order valence-corrected chi connectivity index (χ0v) is 10.9. The number of benzene rings is 1. The Morgan fingerprint density at radius 3 is 2.39 bits per heavy atom. The van der Waals surface area contributed by atoms with Crippen LogP contribution in [0.4, 0.5) is 0 Å². The SMILES string of the molecule is C1=CN(C2CCCCC2)CC=C1c1ccccc1. The summed E-state index contributed by atoms with van der Waals surface area (Å²) in [5, 5.41) is 0. The van der Waals surface area contributed by atoms with E-state index in [2.05, 4.69) is 53.6 Å². The Bertz CT molecular complexity index is 438. The molecule has 18 heavy (non-hydrogen) atoms. The van der Waals surface area contributed by atoms with E-state index in [0.717, 1.165) is 12.6 Å². The van der Waals surface area contributed by atoms with Gasteiger partial charge in [0, 0.05) is 18.8 Å². The lowest BCUT2D eigenvalue weighted by atomic mass is 9.93. The maximum atomic E-state index is 2.52. The lowest BCUT2D eigenvalue weighted by Crippen LogP contribution is -2.33. The first-order chi connectivity index (χ1) is 8.93. The van der Waals surface area contributed by atoms with Crippen molar-refractivity contribution < 1.29 is 0 Å². The first-order valence-corrected chi connectivity index (χ1v) is 7.13. The molecule has 0 amide bonds. The molecule has 3 rings (SSSR count). The smallest absolute Gasteiger partial charge is 0.0366 e. The van der Waals surface area contributed by atoms with Crippen LogP contribution >= 0.6 is 0 Å². The highest BCUT2D eigenvalue weighted by molar-refractivity contribution is 5.74. The monoisotopic (exact) mass is 239 g/mol. The molecule has 1 nitrogen and oxygen atoms in total. The quantitative estimate of drug-likeness (QED) is 0.746. The Morgan fingerprint density at radius 2 is 1.72 bits per heavy atom. The molecule has 1 aromatic carbocycles. The number of hydrogen-bond donors (Lipinski definition) is 0. The van der Waals surface area contributed by atoms with Crippen molar-refractivity contribution in [3.63, 3.8) is 0 Å². The fourth-order valence-electron chi connectivity index (χ4n) is 3.04. The van der Waals surface area contributed by atoms with Gasteiger partial charge in [0.15, 0.2) is 0 Å². The van der Waals surface area contributed by atoms with Crippen molar-refractivity contribution in [3.8, 4) is 0 Å². The van der Waals surface area contributed by atoms with E-state index in [4.69, 9.17) is 0 Å². The number of nitrogens with zero attached hydrogens (tertiary/aromatic N) is 1. The molecule has 0 bridgehead atoms. The molecule has 0 spiro atoms. The summed E-state index contributed by atoms with van der Waals surface area (Å²) in [4.78, 5) is 2.52. The Morgan fingerprint density at radius 1 is 0.944 bits per heavy atom. The first-order valence-electron chi connectivity index (χ1n) is 7.13. The second-order valence-corrected chi connectivity index (χ2v) is 5.33. The molecule has 0 saturated heterocycles. The van der Waals surface area contributed by atoms with E-state index in [1.54, 1.807) is 0 Å². The second kappa shape index (κ2) is 5.43. The van der Waals surface area contributed by atoms with Crippen LogP contribution in [0.2, 0.25) is 0 Å². The summed E-state index contributed by atoms with van der Waals surface area (Å²) < 4.78 is 0. The molecule has 1 aromatic rings. The molecule has 1 heterocycles. The third-order valence-corrected chi connectivity index (χ3v) is 4.12. The van der Waals surface area contributed by atoms with E-state index in [1.807, 2.05) is 0 Å². The van der Waals surface area contributed by atoms with E-state index in [9.17, 15) is 0 Å². The summed E-state index contributed by atoms with van der Waals surface area (Å²) in [7, 11) is 0. The van der Waals surface area contributed by atoms with E-state index < -0.39 is 0 Å². The third-order valence-electron chi connectivity index (χ3n) is 4.12. The summed E-state index contributed by atoms with van der Waals surface area (Å²) in [6, 6.07) is 11.4. The fraction of sp³-hybridized carbons (Fsp3) is 0.412. The molecule has 0 aromatic heterocycles. The Labute approximate surface area is 110 Å². The first kappa shape index (κ1) is 11.6. The second-order valence-electron chi connectivity index (χ2n) is 5.33. The van der Waals surface area contributed by atoms with E-state index >= 15 is 0 Å². The molecule has 0 radical (unpaired) electrons. The lowest BCUT2D eigenvalue weighted by molar-refractivity contribution is 0.234. The average Bonchev–Trinajstić information content (AvgIpc) is 2.49. The maximum Gasteiger partial charge on any atom is 0.0366 e. The fourth-order valence-corrected chi connectivity index (χ4v) is 3.04. The number of allylic oxidation sites excluding steroid dienone is 2. The molecule has 0 N–H and O–H groups in total. The van der Waals surface area contributed by atoms with Crippen molar-refractivity contribution in [1.29, 1.82) is 0 Å². The Hall–Kier alpha value is -1.50. The van der Waals surface area contributed by atoms with Crippen LogP contribution < -0.4 is 0 Å². The van der Waals surface area contributed by atoms with Crippen LogP contribution in [0.5, 0.6) is 0 Å². The molecule has 1 aliphatic heterocycles. The van der Waals surface area contributed by atoms with E-state index in [-0.39, 0.29) is 0 Å². The minimum Gasteiger partial charge on any atom is -0.371 e. The van der Waals surface area contributed by atoms with Gasteiger partial charge < -0.3 is 4.90 Å². The molecule has 94 valence electrons. The predicted octanol–water partition coefficient (Wildman–Crippen LogP) is 4.23. The summed E-state index contributed by atoms with van der Waals surface area (Å²) in [6.45, 7) is 1.07. The molecule has 1 fully saturated rings. The maximum absolute atomic E-state index is 2.52. The molecule has 0 atom stereocenters. The highest BCUT2D eigenvalue weighted by Gasteiger charge is 2.19.